The van der Waals surface area contributed by atoms with Crippen LogP contribution in [0.15, 0.2) is 46.9 Å². The Morgan fingerprint density at radius 2 is 2.14 bits per heavy atom. The molecule has 114 valence electrons. The van der Waals surface area contributed by atoms with Crippen LogP contribution in [0.1, 0.15) is 17.0 Å². The quantitative estimate of drug-likeness (QED) is 0.668. The smallest absolute Gasteiger partial charge is 0.240 e. The molecule has 5 nitrogen and oxygen atoms in total. The summed E-state index contributed by atoms with van der Waals surface area (Å²) >= 11 is 3.45. The zero-order chi connectivity index (χ0) is 15.7. The molecule has 0 radical (unpaired) electrons. The molecule has 6 heteroatoms. The lowest BCUT2D eigenvalue weighted by molar-refractivity contribution is -0.521. The number of anilines is 1. The SMILES string of the molecule is COc1cccc([C@@H]2c3cc(Br)ccc3NC[C@H]2[N+](=O)[O-])c1. The summed E-state index contributed by atoms with van der Waals surface area (Å²) in [5, 5.41) is 14.7. The van der Waals surface area contributed by atoms with Gasteiger partial charge in [-0.05, 0) is 41.5 Å². The predicted octanol–water partition coefficient (Wildman–Crippen LogP) is 3.66. The minimum absolute atomic E-state index is 0.207. The van der Waals surface area contributed by atoms with Gasteiger partial charge in [-0.3, -0.25) is 10.1 Å². The summed E-state index contributed by atoms with van der Waals surface area (Å²) < 4.78 is 6.17. The number of methoxy groups -OCH3 is 1. The summed E-state index contributed by atoms with van der Waals surface area (Å²) in [6.45, 7) is 0.309. The molecule has 1 aliphatic heterocycles. The molecule has 0 unspecified atom stereocenters. The van der Waals surface area contributed by atoms with Crippen molar-refractivity contribution < 1.29 is 9.66 Å². The molecule has 2 aromatic rings. The third-order valence-corrected chi connectivity index (χ3v) is 4.45. The van der Waals surface area contributed by atoms with Gasteiger partial charge < -0.3 is 10.1 Å². The molecular weight excluding hydrogens is 348 g/mol. The number of benzene rings is 2. The molecule has 1 aliphatic rings. The van der Waals surface area contributed by atoms with E-state index in [9.17, 15) is 10.1 Å². The zero-order valence-corrected chi connectivity index (χ0v) is 13.5. The van der Waals surface area contributed by atoms with Crippen LogP contribution in [-0.2, 0) is 0 Å². The van der Waals surface area contributed by atoms with Crippen molar-refractivity contribution in [2.75, 3.05) is 19.0 Å². The highest BCUT2D eigenvalue weighted by Gasteiger charge is 2.39. The molecule has 0 spiro atoms. The van der Waals surface area contributed by atoms with Gasteiger partial charge in [-0.1, -0.05) is 28.1 Å². The summed E-state index contributed by atoms with van der Waals surface area (Å²) in [5.74, 6) is 0.397. The van der Waals surface area contributed by atoms with E-state index in [2.05, 4.69) is 21.2 Å². The van der Waals surface area contributed by atoms with Crippen LogP contribution in [0.4, 0.5) is 5.69 Å². The van der Waals surface area contributed by atoms with Crippen LogP contribution in [0.3, 0.4) is 0 Å². The standard InChI is InChI=1S/C16H15BrN2O3/c1-22-12-4-2-3-10(7-12)16-13-8-11(17)5-6-14(13)18-9-15(16)19(20)21/h2-8,15-16,18H,9H2,1H3/t15-,16-/m1/s1. The molecular formula is C16H15BrN2O3. The fourth-order valence-electron chi connectivity index (χ4n) is 2.92. The van der Waals surface area contributed by atoms with Crippen molar-refractivity contribution in [1.82, 2.24) is 0 Å². The van der Waals surface area contributed by atoms with Crippen molar-refractivity contribution >= 4 is 21.6 Å². The lowest BCUT2D eigenvalue weighted by Crippen LogP contribution is -2.39. The van der Waals surface area contributed by atoms with Crippen molar-refractivity contribution in [3.05, 3.63) is 68.2 Å². The fraction of sp³-hybridized carbons (Fsp3) is 0.250. The van der Waals surface area contributed by atoms with Gasteiger partial charge in [-0.15, -0.1) is 0 Å². The van der Waals surface area contributed by atoms with Gasteiger partial charge in [0.05, 0.1) is 19.6 Å². The topological polar surface area (TPSA) is 64.4 Å². The van der Waals surface area contributed by atoms with E-state index in [1.54, 1.807) is 7.11 Å². The number of nitro groups is 1. The Bertz CT molecular complexity index is 720. The minimum Gasteiger partial charge on any atom is -0.497 e. The van der Waals surface area contributed by atoms with Gasteiger partial charge in [0.2, 0.25) is 6.04 Å². The maximum atomic E-state index is 11.5. The van der Waals surface area contributed by atoms with Gasteiger partial charge in [-0.2, -0.15) is 0 Å². The van der Waals surface area contributed by atoms with Crippen LogP contribution < -0.4 is 10.1 Å². The van der Waals surface area contributed by atoms with E-state index in [0.717, 1.165) is 21.3 Å². The summed E-state index contributed by atoms with van der Waals surface area (Å²) in [7, 11) is 1.59. The van der Waals surface area contributed by atoms with Gasteiger partial charge in [0.1, 0.15) is 5.75 Å². The molecule has 0 fully saturated rings. The Hall–Kier alpha value is -2.08. The number of nitrogens with one attached hydrogen (secondary N) is 1. The molecule has 0 bridgehead atoms. The number of nitrogens with zero attached hydrogens (tertiary/aromatic N) is 1. The maximum absolute atomic E-state index is 11.5. The van der Waals surface area contributed by atoms with E-state index < -0.39 is 6.04 Å². The van der Waals surface area contributed by atoms with Gasteiger partial charge >= 0.3 is 0 Å². The second-order valence-electron chi connectivity index (χ2n) is 5.22. The van der Waals surface area contributed by atoms with Gasteiger partial charge in [-0.25, -0.2) is 0 Å². The molecule has 2 aromatic carbocycles. The van der Waals surface area contributed by atoms with E-state index in [4.69, 9.17) is 4.74 Å². The van der Waals surface area contributed by atoms with Crippen LogP contribution in [0, 0.1) is 10.1 Å². The molecule has 1 heterocycles. The predicted molar refractivity (Wildman–Crippen MR) is 88.3 cm³/mol. The van der Waals surface area contributed by atoms with Crippen molar-refractivity contribution in [3.8, 4) is 5.75 Å². The average molecular weight is 363 g/mol. The van der Waals surface area contributed by atoms with Gasteiger partial charge in [0, 0.05) is 15.1 Å². The Morgan fingerprint density at radius 1 is 1.32 bits per heavy atom. The Balaban J connectivity index is 2.15. The summed E-state index contributed by atoms with van der Waals surface area (Å²) in [6, 6.07) is 12.6. The number of hydrogen-bond donors (Lipinski definition) is 1. The molecule has 3 rings (SSSR count). The first-order valence-corrected chi connectivity index (χ1v) is 7.70. The van der Waals surface area contributed by atoms with E-state index >= 15 is 0 Å². The second-order valence-corrected chi connectivity index (χ2v) is 6.14. The summed E-state index contributed by atoms with van der Waals surface area (Å²) in [6.07, 6.45) is 0. The maximum Gasteiger partial charge on any atom is 0.240 e. The number of fused-ring (bicyclic) bond motifs is 1. The largest absolute Gasteiger partial charge is 0.497 e. The Labute approximate surface area is 136 Å². The number of hydrogen-bond acceptors (Lipinski definition) is 4. The average Bonchev–Trinajstić information content (AvgIpc) is 2.53. The third-order valence-electron chi connectivity index (χ3n) is 3.96. The van der Waals surface area contributed by atoms with E-state index in [0.29, 0.717) is 12.3 Å². The van der Waals surface area contributed by atoms with Crippen molar-refractivity contribution in [1.29, 1.82) is 0 Å². The molecule has 0 aliphatic carbocycles. The first-order valence-electron chi connectivity index (χ1n) is 6.91. The minimum atomic E-state index is -0.714. The van der Waals surface area contributed by atoms with E-state index in [1.165, 1.54) is 0 Å². The van der Waals surface area contributed by atoms with E-state index in [1.807, 2.05) is 42.5 Å². The fourth-order valence-corrected chi connectivity index (χ4v) is 3.30. The normalized spacial score (nSPS) is 19.9. The molecule has 22 heavy (non-hydrogen) atoms. The van der Waals surface area contributed by atoms with Crippen LogP contribution in [0.2, 0.25) is 0 Å². The highest BCUT2D eigenvalue weighted by Crippen LogP contribution is 2.39. The zero-order valence-electron chi connectivity index (χ0n) is 12.0. The number of rotatable bonds is 3. The van der Waals surface area contributed by atoms with Crippen LogP contribution >= 0.6 is 15.9 Å². The van der Waals surface area contributed by atoms with Crippen molar-refractivity contribution in [3.63, 3.8) is 0 Å². The van der Waals surface area contributed by atoms with Crippen LogP contribution in [0.5, 0.6) is 5.75 Å². The van der Waals surface area contributed by atoms with Crippen LogP contribution in [0.25, 0.3) is 0 Å². The monoisotopic (exact) mass is 362 g/mol. The first-order chi connectivity index (χ1) is 10.6. The summed E-state index contributed by atoms with van der Waals surface area (Å²) in [4.78, 5) is 11.3. The number of ether oxygens (including phenoxy) is 1. The lowest BCUT2D eigenvalue weighted by Gasteiger charge is -2.30. The van der Waals surface area contributed by atoms with Crippen LogP contribution in [-0.4, -0.2) is 24.6 Å². The molecule has 0 amide bonds. The van der Waals surface area contributed by atoms with Crippen molar-refractivity contribution in [2.24, 2.45) is 0 Å². The molecule has 2 atom stereocenters. The van der Waals surface area contributed by atoms with E-state index in [-0.39, 0.29) is 10.8 Å². The molecule has 0 aromatic heterocycles. The summed E-state index contributed by atoms with van der Waals surface area (Å²) in [5.41, 5.74) is 2.76. The van der Waals surface area contributed by atoms with Gasteiger partial charge in [0.25, 0.3) is 0 Å². The molecule has 0 saturated heterocycles. The lowest BCUT2D eigenvalue weighted by atomic mass is 9.82. The first kappa shape index (κ1) is 14.8. The molecule has 0 saturated carbocycles. The Morgan fingerprint density at radius 3 is 2.86 bits per heavy atom. The highest BCUT2D eigenvalue weighted by atomic mass is 79.9. The van der Waals surface area contributed by atoms with Gasteiger partial charge in [0.15, 0.2) is 0 Å². The van der Waals surface area contributed by atoms with Crippen molar-refractivity contribution in [2.45, 2.75) is 12.0 Å². The number of halogens is 1. The third kappa shape index (κ3) is 2.66. The molecule has 1 N–H and O–H groups in total. The second kappa shape index (κ2) is 5.96. The highest BCUT2D eigenvalue weighted by molar-refractivity contribution is 9.10. The Kier molecular flexibility index (Phi) is 4.02.